The molecule has 0 aliphatic carbocycles. The summed E-state index contributed by atoms with van der Waals surface area (Å²) in [4.78, 5) is 3.79. The summed E-state index contributed by atoms with van der Waals surface area (Å²) in [5, 5.41) is 0.239. The molecule has 1 aromatic heterocycles. The average Bonchev–Trinajstić information content (AvgIpc) is 2.40. The summed E-state index contributed by atoms with van der Waals surface area (Å²) in [6.07, 6.45) is 1.20. The van der Waals surface area contributed by atoms with Crippen LogP contribution in [0.2, 0.25) is 5.15 Å². The first-order valence-electron chi connectivity index (χ1n) is 5.30. The number of sulfonamides is 1. The molecule has 0 saturated carbocycles. The second kappa shape index (κ2) is 5.46. The minimum Gasteiger partial charge on any atom is -0.497 e. The molecule has 2 rings (SSSR count). The lowest BCUT2D eigenvalue weighted by molar-refractivity contribution is 0.415. The monoisotopic (exact) mass is 298 g/mol. The summed E-state index contributed by atoms with van der Waals surface area (Å²) in [6.45, 7) is 0. The van der Waals surface area contributed by atoms with E-state index in [-0.39, 0.29) is 10.0 Å². The number of hydrogen-bond acceptors (Lipinski definition) is 4. The first-order valence-corrected chi connectivity index (χ1v) is 7.16. The molecule has 0 aliphatic rings. The van der Waals surface area contributed by atoms with Crippen LogP contribution in [-0.2, 0) is 10.0 Å². The molecule has 5 nitrogen and oxygen atoms in total. The molecule has 0 saturated heterocycles. The van der Waals surface area contributed by atoms with Gasteiger partial charge in [0.1, 0.15) is 15.8 Å². The molecular formula is C12H11ClN2O3S. The lowest BCUT2D eigenvalue weighted by Gasteiger charge is -2.08. The summed E-state index contributed by atoms with van der Waals surface area (Å²) in [5.41, 5.74) is 0.441. The van der Waals surface area contributed by atoms with Gasteiger partial charge in [0.15, 0.2) is 0 Å². The number of anilines is 1. The molecule has 0 atom stereocenters. The number of halogens is 1. The van der Waals surface area contributed by atoms with Crippen LogP contribution < -0.4 is 9.46 Å². The van der Waals surface area contributed by atoms with Gasteiger partial charge in [0.2, 0.25) is 0 Å². The van der Waals surface area contributed by atoms with E-state index >= 15 is 0 Å². The highest BCUT2D eigenvalue weighted by Gasteiger charge is 2.14. The fourth-order valence-corrected chi connectivity index (χ4v) is 2.51. The van der Waals surface area contributed by atoms with Crippen molar-refractivity contribution in [2.45, 2.75) is 4.90 Å². The van der Waals surface area contributed by atoms with Gasteiger partial charge in [-0.25, -0.2) is 13.4 Å². The molecule has 0 radical (unpaired) electrons. The molecular weight excluding hydrogens is 288 g/mol. The van der Waals surface area contributed by atoms with Crippen LogP contribution in [0.1, 0.15) is 0 Å². The van der Waals surface area contributed by atoms with E-state index in [0.29, 0.717) is 11.4 Å². The van der Waals surface area contributed by atoms with Crippen LogP contribution in [0.3, 0.4) is 0 Å². The van der Waals surface area contributed by atoms with Gasteiger partial charge in [0, 0.05) is 11.9 Å². The first-order chi connectivity index (χ1) is 9.01. The zero-order valence-electron chi connectivity index (χ0n) is 10.00. The van der Waals surface area contributed by atoms with Crippen LogP contribution in [0.5, 0.6) is 5.75 Å². The number of hydrogen-bond donors (Lipinski definition) is 1. The lowest BCUT2D eigenvalue weighted by atomic mass is 10.3. The Morgan fingerprint density at radius 2 is 1.84 bits per heavy atom. The number of nitrogens with zero attached hydrogens (tertiary/aromatic N) is 1. The quantitative estimate of drug-likeness (QED) is 0.881. The van der Waals surface area contributed by atoms with Crippen molar-refractivity contribution in [3.63, 3.8) is 0 Å². The van der Waals surface area contributed by atoms with E-state index in [9.17, 15) is 8.42 Å². The Labute approximate surface area is 116 Å². The summed E-state index contributed by atoms with van der Waals surface area (Å²) >= 11 is 5.62. The molecule has 1 N–H and O–H groups in total. The lowest BCUT2D eigenvalue weighted by Crippen LogP contribution is -2.13. The van der Waals surface area contributed by atoms with Gasteiger partial charge in [-0.3, -0.25) is 4.72 Å². The van der Waals surface area contributed by atoms with E-state index in [0.717, 1.165) is 0 Å². The van der Waals surface area contributed by atoms with Crippen LogP contribution in [-0.4, -0.2) is 20.5 Å². The third-order valence-electron chi connectivity index (χ3n) is 2.35. The van der Waals surface area contributed by atoms with Gasteiger partial charge >= 0.3 is 0 Å². The summed E-state index contributed by atoms with van der Waals surface area (Å²) in [6, 6.07) is 9.36. The highest BCUT2D eigenvalue weighted by atomic mass is 35.5. The Morgan fingerprint density at radius 3 is 2.37 bits per heavy atom. The van der Waals surface area contributed by atoms with Crippen LogP contribution in [0.15, 0.2) is 47.5 Å². The zero-order chi connectivity index (χ0) is 13.9. The standard InChI is InChI=1S/C12H11ClN2O3S/c1-18-10-4-2-9(3-5-10)15-19(16,17)11-6-7-12(13)14-8-11/h2-8,15H,1H3. The van der Waals surface area contributed by atoms with Gasteiger partial charge < -0.3 is 4.74 Å². The average molecular weight is 299 g/mol. The van der Waals surface area contributed by atoms with E-state index < -0.39 is 10.0 Å². The molecule has 0 amide bonds. The number of ether oxygens (including phenoxy) is 1. The number of pyridine rings is 1. The van der Waals surface area contributed by atoms with Crippen molar-refractivity contribution in [3.8, 4) is 5.75 Å². The van der Waals surface area contributed by atoms with Crippen LogP contribution in [0.4, 0.5) is 5.69 Å². The molecule has 1 heterocycles. The molecule has 0 fully saturated rings. The zero-order valence-corrected chi connectivity index (χ0v) is 11.6. The van der Waals surface area contributed by atoms with E-state index in [4.69, 9.17) is 16.3 Å². The summed E-state index contributed by atoms with van der Waals surface area (Å²) < 4.78 is 31.5. The van der Waals surface area contributed by atoms with Gasteiger partial charge in [-0.15, -0.1) is 0 Å². The van der Waals surface area contributed by atoms with Crippen molar-refractivity contribution in [3.05, 3.63) is 47.7 Å². The Morgan fingerprint density at radius 1 is 1.16 bits per heavy atom. The number of nitrogens with one attached hydrogen (secondary N) is 1. The predicted molar refractivity (Wildman–Crippen MR) is 73.0 cm³/mol. The molecule has 1 aromatic carbocycles. The van der Waals surface area contributed by atoms with Crippen LogP contribution in [0, 0.1) is 0 Å². The van der Waals surface area contributed by atoms with Gasteiger partial charge in [0.05, 0.1) is 7.11 Å². The highest BCUT2D eigenvalue weighted by Crippen LogP contribution is 2.19. The van der Waals surface area contributed by atoms with E-state index in [1.54, 1.807) is 31.4 Å². The smallest absolute Gasteiger partial charge is 0.263 e. The van der Waals surface area contributed by atoms with Crippen LogP contribution >= 0.6 is 11.6 Å². The second-order valence-electron chi connectivity index (χ2n) is 3.65. The molecule has 0 bridgehead atoms. The Hall–Kier alpha value is -1.79. The molecule has 19 heavy (non-hydrogen) atoms. The third-order valence-corrected chi connectivity index (χ3v) is 3.94. The minimum absolute atomic E-state index is 0.0488. The Balaban J connectivity index is 2.23. The summed E-state index contributed by atoms with van der Waals surface area (Å²) in [7, 11) is -2.12. The van der Waals surface area contributed by atoms with E-state index in [1.807, 2.05) is 0 Å². The Kier molecular flexibility index (Phi) is 3.92. The van der Waals surface area contributed by atoms with E-state index in [1.165, 1.54) is 18.3 Å². The molecule has 0 spiro atoms. The maximum Gasteiger partial charge on any atom is 0.263 e. The fraction of sp³-hybridized carbons (Fsp3) is 0.0833. The fourth-order valence-electron chi connectivity index (χ4n) is 1.39. The Bertz CT molecular complexity index is 654. The molecule has 7 heteroatoms. The normalized spacial score (nSPS) is 11.1. The highest BCUT2D eigenvalue weighted by molar-refractivity contribution is 7.92. The van der Waals surface area contributed by atoms with Crippen molar-refractivity contribution >= 4 is 27.3 Å². The van der Waals surface area contributed by atoms with E-state index in [2.05, 4.69) is 9.71 Å². The number of aromatic nitrogens is 1. The maximum absolute atomic E-state index is 12.0. The third kappa shape index (κ3) is 3.36. The largest absolute Gasteiger partial charge is 0.497 e. The van der Waals surface area contributed by atoms with Crippen LogP contribution in [0.25, 0.3) is 0 Å². The van der Waals surface area contributed by atoms with Crippen molar-refractivity contribution < 1.29 is 13.2 Å². The molecule has 0 aliphatic heterocycles. The first kappa shape index (κ1) is 13.6. The second-order valence-corrected chi connectivity index (χ2v) is 5.72. The number of rotatable bonds is 4. The van der Waals surface area contributed by atoms with Crippen molar-refractivity contribution in [2.75, 3.05) is 11.8 Å². The molecule has 2 aromatic rings. The number of methoxy groups -OCH3 is 1. The van der Waals surface area contributed by atoms with Crippen molar-refractivity contribution in [2.24, 2.45) is 0 Å². The minimum atomic E-state index is -3.66. The molecule has 0 unspecified atom stereocenters. The van der Waals surface area contributed by atoms with Gasteiger partial charge in [-0.2, -0.15) is 0 Å². The van der Waals surface area contributed by atoms with Gasteiger partial charge in [0.25, 0.3) is 10.0 Å². The predicted octanol–water partition coefficient (Wildman–Crippen LogP) is 2.54. The van der Waals surface area contributed by atoms with Gasteiger partial charge in [-0.1, -0.05) is 11.6 Å². The van der Waals surface area contributed by atoms with Crippen molar-refractivity contribution in [1.29, 1.82) is 0 Å². The SMILES string of the molecule is COc1ccc(NS(=O)(=O)c2ccc(Cl)nc2)cc1. The number of benzene rings is 1. The molecule has 100 valence electrons. The topological polar surface area (TPSA) is 68.3 Å². The van der Waals surface area contributed by atoms with Gasteiger partial charge in [-0.05, 0) is 36.4 Å². The van der Waals surface area contributed by atoms with Crippen molar-refractivity contribution in [1.82, 2.24) is 4.98 Å². The summed E-state index contributed by atoms with van der Waals surface area (Å²) in [5.74, 6) is 0.649. The maximum atomic E-state index is 12.0.